The molecule has 0 spiro atoms. The number of nitrogens with zero attached hydrogens (tertiary/aromatic N) is 2. The molecule has 20 heavy (non-hydrogen) atoms. The first-order valence-electron chi connectivity index (χ1n) is 6.60. The van der Waals surface area contributed by atoms with Crippen molar-refractivity contribution >= 4 is 22.4 Å². The van der Waals surface area contributed by atoms with E-state index in [-0.39, 0.29) is 12.0 Å². The Labute approximate surface area is 121 Å². The number of carbonyl (C=O) groups is 1. The van der Waals surface area contributed by atoms with Crippen molar-refractivity contribution in [2.45, 2.75) is 25.4 Å². The van der Waals surface area contributed by atoms with Crippen LogP contribution in [0.15, 0.2) is 30.3 Å². The van der Waals surface area contributed by atoms with Crippen molar-refractivity contribution < 1.29 is 9.53 Å². The SMILES string of the molecule is O=C(Nc1nnc(Cc2ccccc2)s1)C1CCCO1. The van der Waals surface area contributed by atoms with Crippen LogP contribution in [0, 0.1) is 0 Å². The molecule has 1 atom stereocenters. The second-order valence-electron chi connectivity index (χ2n) is 4.65. The molecule has 104 valence electrons. The Balaban J connectivity index is 1.60. The van der Waals surface area contributed by atoms with E-state index < -0.39 is 0 Å². The summed E-state index contributed by atoms with van der Waals surface area (Å²) >= 11 is 1.41. The van der Waals surface area contributed by atoms with Gasteiger partial charge in [-0.15, -0.1) is 10.2 Å². The number of carbonyl (C=O) groups excluding carboxylic acids is 1. The van der Waals surface area contributed by atoms with Gasteiger partial charge in [-0.1, -0.05) is 41.7 Å². The van der Waals surface area contributed by atoms with E-state index in [4.69, 9.17) is 4.74 Å². The average molecular weight is 289 g/mol. The Morgan fingerprint density at radius 3 is 2.95 bits per heavy atom. The van der Waals surface area contributed by atoms with E-state index in [1.807, 2.05) is 30.3 Å². The van der Waals surface area contributed by atoms with Gasteiger partial charge in [-0.05, 0) is 18.4 Å². The van der Waals surface area contributed by atoms with E-state index in [2.05, 4.69) is 15.5 Å². The van der Waals surface area contributed by atoms with Crippen molar-refractivity contribution in [1.82, 2.24) is 10.2 Å². The van der Waals surface area contributed by atoms with Crippen LogP contribution in [-0.2, 0) is 16.0 Å². The Morgan fingerprint density at radius 2 is 2.20 bits per heavy atom. The molecule has 0 radical (unpaired) electrons. The van der Waals surface area contributed by atoms with Gasteiger partial charge in [-0.2, -0.15) is 0 Å². The summed E-state index contributed by atoms with van der Waals surface area (Å²) in [6.45, 7) is 0.660. The summed E-state index contributed by atoms with van der Waals surface area (Å²) in [6.07, 6.45) is 2.11. The molecule has 3 rings (SSSR count). The third-order valence-corrected chi connectivity index (χ3v) is 3.96. The summed E-state index contributed by atoms with van der Waals surface area (Å²) in [5, 5.41) is 12.3. The molecule has 1 fully saturated rings. The lowest BCUT2D eigenvalue weighted by molar-refractivity contribution is -0.124. The van der Waals surface area contributed by atoms with Crippen LogP contribution < -0.4 is 5.32 Å². The van der Waals surface area contributed by atoms with Gasteiger partial charge in [0.2, 0.25) is 5.13 Å². The van der Waals surface area contributed by atoms with E-state index in [1.165, 1.54) is 16.9 Å². The molecule has 1 aliphatic rings. The van der Waals surface area contributed by atoms with Gasteiger partial charge in [0.25, 0.3) is 5.91 Å². The summed E-state index contributed by atoms with van der Waals surface area (Å²) in [6, 6.07) is 10.1. The first-order valence-corrected chi connectivity index (χ1v) is 7.42. The van der Waals surface area contributed by atoms with Crippen LogP contribution >= 0.6 is 11.3 Å². The third kappa shape index (κ3) is 3.20. The second-order valence-corrected chi connectivity index (χ2v) is 5.72. The predicted molar refractivity (Wildman–Crippen MR) is 76.8 cm³/mol. The topological polar surface area (TPSA) is 64.1 Å². The summed E-state index contributed by atoms with van der Waals surface area (Å²) in [4.78, 5) is 11.9. The fourth-order valence-corrected chi connectivity index (χ4v) is 2.89. The monoisotopic (exact) mass is 289 g/mol. The maximum absolute atomic E-state index is 11.9. The van der Waals surface area contributed by atoms with Crippen LogP contribution in [0.4, 0.5) is 5.13 Å². The highest BCUT2D eigenvalue weighted by Gasteiger charge is 2.24. The molecule has 1 aliphatic heterocycles. The first kappa shape index (κ1) is 13.2. The molecule has 0 bridgehead atoms. The predicted octanol–water partition coefficient (Wildman–Crippen LogP) is 2.25. The van der Waals surface area contributed by atoms with Gasteiger partial charge in [0.1, 0.15) is 11.1 Å². The van der Waals surface area contributed by atoms with Gasteiger partial charge >= 0.3 is 0 Å². The lowest BCUT2D eigenvalue weighted by Crippen LogP contribution is -2.26. The Hall–Kier alpha value is -1.79. The van der Waals surface area contributed by atoms with E-state index in [0.29, 0.717) is 11.7 Å². The first-order chi connectivity index (χ1) is 9.81. The molecule has 1 N–H and O–H groups in total. The average Bonchev–Trinajstić information content (AvgIpc) is 3.11. The molecule has 2 aromatic rings. The lowest BCUT2D eigenvalue weighted by atomic mass is 10.2. The number of hydrogen-bond acceptors (Lipinski definition) is 5. The fourth-order valence-electron chi connectivity index (χ4n) is 2.12. The molecule has 1 aromatic heterocycles. The summed E-state index contributed by atoms with van der Waals surface area (Å²) in [5.41, 5.74) is 1.18. The smallest absolute Gasteiger partial charge is 0.255 e. The molecule has 6 heteroatoms. The molecule has 0 saturated carbocycles. The van der Waals surface area contributed by atoms with E-state index in [0.717, 1.165) is 24.3 Å². The van der Waals surface area contributed by atoms with E-state index in [1.54, 1.807) is 0 Å². The van der Waals surface area contributed by atoms with Gasteiger partial charge < -0.3 is 4.74 Å². The minimum absolute atomic E-state index is 0.120. The Kier molecular flexibility index (Phi) is 4.03. The molecule has 2 heterocycles. The molecule has 1 saturated heterocycles. The highest BCUT2D eigenvalue weighted by Crippen LogP contribution is 2.20. The quantitative estimate of drug-likeness (QED) is 0.937. The van der Waals surface area contributed by atoms with Crippen LogP contribution in [0.25, 0.3) is 0 Å². The molecule has 1 amide bonds. The third-order valence-electron chi connectivity index (χ3n) is 3.12. The van der Waals surface area contributed by atoms with Crippen molar-refractivity contribution in [3.05, 3.63) is 40.9 Å². The minimum Gasteiger partial charge on any atom is -0.368 e. The number of aromatic nitrogens is 2. The van der Waals surface area contributed by atoms with Crippen LogP contribution in [0.1, 0.15) is 23.4 Å². The number of rotatable bonds is 4. The van der Waals surface area contributed by atoms with Gasteiger partial charge in [-0.3, -0.25) is 10.1 Å². The number of ether oxygens (including phenoxy) is 1. The maximum Gasteiger partial charge on any atom is 0.255 e. The van der Waals surface area contributed by atoms with Crippen LogP contribution in [0.2, 0.25) is 0 Å². The fraction of sp³-hybridized carbons (Fsp3) is 0.357. The molecule has 0 aliphatic carbocycles. The highest BCUT2D eigenvalue weighted by atomic mass is 32.1. The number of benzene rings is 1. The van der Waals surface area contributed by atoms with Crippen LogP contribution in [-0.4, -0.2) is 28.8 Å². The molecular formula is C14H15N3O2S. The van der Waals surface area contributed by atoms with Gasteiger partial charge in [0.05, 0.1) is 0 Å². The van der Waals surface area contributed by atoms with Crippen molar-refractivity contribution in [3.63, 3.8) is 0 Å². The number of nitrogens with one attached hydrogen (secondary N) is 1. The summed E-state index contributed by atoms with van der Waals surface area (Å²) in [7, 11) is 0. The van der Waals surface area contributed by atoms with Crippen molar-refractivity contribution in [2.75, 3.05) is 11.9 Å². The van der Waals surface area contributed by atoms with Crippen molar-refractivity contribution in [1.29, 1.82) is 0 Å². The Morgan fingerprint density at radius 1 is 1.35 bits per heavy atom. The highest BCUT2D eigenvalue weighted by molar-refractivity contribution is 7.15. The van der Waals surface area contributed by atoms with Gasteiger partial charge in [0.15, 0.2) is 0 Å². The van der Waals surface area contributed by atoms with E-state index >= 15 is 0 Å². The van der Waals surface area contributed by atoms with Crippen molar-refractivity contribution in [3.8, 4) is 0 Å². The summed E-state index contributed by atoms with van der Waals surface area (Å²) < 4.78 is 5.33. The zero-order valence-electron chi connectivity index (χ0n) is 10.9. The lowest BCUT2D eigenvalue weighted by Gasteiger charge is -2.06. The molecule has 1 unspecified atom stereocenters. The maximum atomic E-state index is 11.9. The Bertz CT molecular complexity index is 579. The number of hydrogen-bond donors (Lipinski definition) is 1. The van der Waals surface area contributed by atoms with Crippen LogP contribution in [0.3, 0.4) is 0 Å². The normalized spacial score (nSPS) is 18.1. The van der Waals surface area contributed by atoms with Gasteiger partial charge in [0, 0.05) is 13.0 Å². The molecule has 1 aromatic carbocycles. The number of anilines is 1. The van der Waals surface area contributed by atoms with Crippen molar-refractivity contribution in [2.24, 2.45) is 0 Å². The standard InChI is InChI=1S/C14H15N3O2S/c18-13(11-7-4-8-19-11)15-14-17-16-12(20-14)9-10-5-2-1-3-6-10/h1-3,5-6,11H,4,7-9H2,(H,15,17,18). The van der Waals surface area contributed by atoms with E-state index in [9.17, 15) is 4.79 Å². The second kappa shape index (κ2) is 6.11. The zero-order valence-corrected chi connectivity index (χ0v) is 11.7. The summed E-state index contributed by atoms with van der Waals surface area (Å²) in [5.74, 6) is -0.120. The molecular weight excluding hydrogens is 274 g/mol. The minimum atomic E-state index is -0.337. The number of amides is 1. The van der Waals surface area contributed by atoms with Crippen LogP contribution in [0.5, 0.6) is 0 Å². The molecule has 5 nitrogen and oxygen atoms in total. The van der Waals surface area contributed by atoms with Gasteiger partial charge in [-0.25, -0.2) is 0 Å². The largest absolute Gasteiger partial charge is 0.368 e. The zero-order chi connectivity index (χ0) is 13.8.